The predicted octanol–water partition coefficient (Wildman–Crippen LogP) is 3.80. The van der Waals surface area contributed by atoms with Crippen LogP contribution in [0.25, 0.3) is 0 Å². The third-order valence-corrected chi connectivity index (χ3v) is 11.5. The Hall–Kier alpha value is -1.98. The summed E-state index contributed by atoms with van der Waals surface area (Å²) in [5, 5.41) is 3.05. The molecule has 11 heteroatoms. The molecule has 3 saturated carbocycles. The predicted molar refractivity (Wildman–Crippen MR) is 146 cm³/mol. The van der Waals surface area contributed by atoms with Gasteiger partial charge in [-0.15, -0.1) is 0 Å². The second-order valence-electron chi connectivity index (χ2n) is 12.0. The first-order valence-electron chi connectivity index (χ1n) is 13.8. The van der Waals surface area contributed by atoms with Crippen LogP contribution in [0.15, 0.2) is 33.6 Å². The Balaban J connectivity index is 1.42. The minimum Gasteiger partial charge on any atom is -0.464 e. The highest BCUT2D eigenvalue weighted by Gasteiger charge is 2.89. The van der Waals surface area contributed by atoms with Gasteiger partial charge in [0.2, 0.25) is 11.8 Å². The number of carbonyl (C=O) groups is 3. The van der Waals surface area contributed by atoms with Crippen LogP contribution in [-0.4, -0.2) is 62.9 Å². The monoisotopic (exact) mass is 624 g/mol. The van der Waals surface area contributed by atoms with Crippen molar-refractivity contribution in [2.24, 2.45) is 22.7 Å². The number of halogens is 1. The number of amides is 2. The first-order chi connectivity index (χ1) is 18.4. The summed E-state index contributed by atoms with van der Waals surface area (Å²) < 4.78 is 37.8. The van der Waals surface area contributed by atoms with Crippen LogP contribution in [0.2, 0.25) is 0 Å². The maximum absolute atomic E-state index is 13.9. The highest BCUT2D eigenvalue weighted by atomic mass is 79.9. The Kier molecular flexibility index (Phi) is 7.42. The van der Waals surface area contributed by atoms with E-state index in [2.05, 4.69) is 28.2 Å². The van der Waals surface area contributed by atoms with Crippen LogP contribution in [0.1, 0.15) is 65.2 Å². The van der Waals surface area contributed by atoms with Crippen molar-refractivity contribution in [3.63, 3.8) is 0 Å². The normalized spacial score (nSPS) is 36.6. The van der Waals surface area contributed by atoms with Gasteiger partial charge in [-0.3, -0.25) is 13.8 Å². The van der Waals surface area contributed by atoms with Gasteiger partial charge in [0.15, 0.2) is 0 Å². The van der Waals surface area contributed by atoms with Gasteiger partial charge in [-0.1, -0.05) is 35.7 Å². The van der Waals surface area contributed by atoms with Crippen LogP contribution in [-0.2, 0) is 33.4 Å². The van der Waals surface area contributed by atoms with Crippen molar-refractivity contribution < 1.29 is 31.7 Å². The molecule has 1 saturated heterocycles. The lowest BCUT2D eigenvalue weighted by atomic mass is 9.91. The Bertz CT molecular complexity index is 1270. The van der Waals surface area contributed by atoms with Gasteiger partial charge in [-0.05, 0) is 75.1 Å². The summed E-state index contributed by atoms with van der Waals surface area (Å²) in [6, 6.07) is 6.11. The second kappa shape index (κ2) is 10.1. The van der Waals surface area contributed by atoms with Crippen LogP contribution < -0.4 is 5.32 Å². The maximum atomic E-state index is 13.9. The highest BCUT2D eigenvalue weighted by molar-refractivity contribution is 9.10. The molecule has 0 radical (unpaired) electrons. The molecule has 1 N–H and O–H groups in total. The van der Waals surface area contributed by atoms with E-state index in [1.165, 1.54) is 12.1 Å². The van der Waals surface area contributed by atoms with Crippen molar-refractivity contribution in [3.8, 4) is 0 Å². The van der Waals surface area contributed by atoms with Gasteiger partial charge in [0.05, 0.1) is 29.4 Å². The molecule has 2 amide bonds. The first kappa shape index (κ1) is 28.5. The number of rotatable bonds is 5. The zero-order valence-corrected chi connectivity index (χ0v) is 25.1. The molecule has 1 aromatic carbocycles. The van der Waals surface area contributed by atoms with E-state index in [1.54, 1.807) is 31.0 Å². The molecule has 0 bridgehead atoms. The van der Waals surface area contributed by atoms with E-state index in [0.29, 0.717) is 13.0 Å². The van der Waals surface area contributed by atoms with E-state index in [9.17, 15) is 22.8 Å². The molecule has 3 aliphatic carbocycles. The van der Waals surface area contributed by atoms with Gasteiger partial charge in [0, 0.05) is 23.5 Å². The molecular formula is C28H37BrN2O7S. The average Bonchev–Trinajstić information content (AvgIpc) is 3.62. The number of benzene rings is 1. The summed E-state index contributed by atoms with van der Waals surface area (Å²) >= 11 is 3.30. The summed E-state index contributed by atoms with van der Waals surface area (Å²) in [6.45, 7) is 4.72. The fraction of sp³-hybridized carbons (Fsp3) is 0.679. The number of hydrogen-bond donors (Lipinski definition) is 1. The number of ether oxygens (including phenoxy) is 1. The molecule has 9 nitrogen and oxygen atoms in total. The average molecular weight is 626 g/mol. The molecule has 4 aliphatic rings. The molecule has 2 unspecified atom stereocenters. The topological polar surface area (TPSA) is 119 Å². The molecule has 1 aliphatic heterocycles. The lowest BCUT2D eigenvalue weighted by Gasteiger charge is -2.27. The van der Waals surface area contributed by atoms with Crippen molar-refractivity contribution in [2.75, 3.05) is 20.2 Å². The van der Waals surface area contributed by atoms with E-state index in [0.717, 1.165) is 36.6 Å². The number of hydrogen-bond acceptors (Lipinski definition) is 7. The van der Waals surface area contributed by atoms with E-state index in [4.69, 9.17) is 8.92 Å². The maximum Gasteiger partial charge on any atom is 0.332 e. The fourth-order valence-corrected chi connectivity index (χ4v) is 8.60. The summed E-state index contributed by atoms with van der Waals surface area (Å²) in [4.78, 5) is 42.3. The Morgan fingerprint density at radius 3 is 2.49 bits per heavy atom. The molecule has 1 aromatic rings. The smallest absolute Gasteiger partial charge is 0.332 e. The summed E-state index contributed by atoms with van der Waals surface area (Å²) in [5.74, 6) is -2.60. The van der Waals surface area contributed by atoms with Crippen molar-refractivity contribution in [2.45, 2.75) is 81.8 Å². The van der Waals surface area contributed by atoms with Crippen LogP contribution in [0.4, 0.5) is 0 Å². The zero-order valence-electron chi connectivity index (χ0n) is 22.7. The van der Waals surface area contributed by atoms with Crippen LogP contribution in [0.3, 0.4) is 0 Å². The molecule has 214 valence electrons. The fourth-order valence-electron chi connectivity index (χ4n) is 7.24. The minimum atomic E-state index is -4.10. The van der Waals surface area contributed by atoms with Crippen LogP contribution in [0.5, 0.6) is 0 Å². The standard InChI is InChI=1S/C28H37BrN2O7S/c1-4-37-25(34)28-17-27(28)16-26(27,2)12-6-5-7-13-31(3)24(33)22-15-19(14-21(22)23(32)30-28)38-39(35,36)20-10-8-18(29)9-11-20/h8-11,19,21-22H,4-7,12-17H2,1-3H3,(H,30,32)/t19-,21?,22+,26-,27?,28-/m0/s1. The van der Waals surface area contributed by atoms with Gasteiger partial charge in [0.1, 0.15) is 5.54 Å². The van der Waals surface area contributed by atoms with Crippen LogP contribution >= 0.6 is 15.9 Å². The molecule has 39 heavy (non-hydrogen) atoms. The number of carbonyl (C=O) groups excluding carboxylic acids is 3. The third kappa shape index (κ3) is 4.92. The number of nitrogens with one attached hydrogen (secondary N) is 1. The molecule has 1 spiro atoms. The molecule has 1 heterocycles. The first-order valence-corrected chi connectivity index (χ1v) is 16.0. The Morgan fingerprint density at radius 1 is 1.10 bits per heavy atom. The summed E-state index contributed by atoms with van der Waals surface area (Å²) in [6.07, 6.45) is 4.46. The van der Waals surface area contributed by atoms with Gasteiger partial charge < -0.3 is 15.0 Å². The lowest BCUT2D eigenvalue weighted by molar-refractivity contribution is -0.150. The van der Waals surface area contributed by atoms with E-state index < -0.39 is 45.5 Å². The van der Waals surface area contributed by atoms with Gasteiger partial charge in [-0.2, -0.15) is 8.42 Å². The molecular weight excluding hydrogens is 588 g/mol. The highest BCUT2D eigenvalue weighted by Crippen LogP contribution is 2.84. The van der Waals surface area contributed by atoms with Crippen molar-refractivity contribution in [3.05, 3.63) is 28.7 Å². The third-order valence-electron chi connectivity index (χ3n) is 9.58. The SMILES string of the molecule is CCOC(=O)[C@@]12CC13C[C@]3(C)CCCCCN(C)C(=O)[C@@H]1C[C@@H](OS(=O)(=O)c3ccc(Br)cc3)CC1C(=O)N2. The van der Waals surface area contributed by atoms with Gasteiger partial charge in [-0.25, -0.2) is 4.79 Å². The molecule has 6 atom stereocenters. The largest absolute Gasteiger partial charge is 0.464 e. The number of esters is 1. The van der Waals surface area contributed by atoms with Crippen molar-refractivity contribution >= 4 is 43.8 Å². The summed E-state index contributed by atoms with van der Waals surface area (Å²) in [5.41, 5.74) is -1.46. The quantitative estimate of drug-likeness (QED) is 0.391. The zero-order chi connectivity index (χ0) is 28.2. The molecule has 0 aromatic heterocycles. The van der Waals surface area contributed by atoms with Crippen molar-refractivity contribution in [1.29, 1.82) is 0 Å². The second-order valence-corrected chi connectivity index (χ2v) is 14.5. The van der Waals surface area contributed by atoms with E-state index >= 15 is 0 Å². The van der Waals surface area contributed by atoms with Gasteiger partial charge >= 0.3 is 5.97 Å². The molecule has 4 fully saturated rings. The van der Waals surface area contributed by atoms with E-state index in [1.807, 2.05) is 0 Å². The molecule has 5 rings (SSSR count). The number of nitrogens with zero attached hydrogens (tertiary/aromatic N) is 1. The Labute approximate surface area is 238 Å². The van der Waals surface area contributed by atoms with Gasteiger partial charge in [0.25, 0.3) is 10.1 Å². The minimum absolute atomic E-state index is 0.00573. The van der Waals surface area contributed by atoms with Crippen molar-refractivity contribution in [1.82, 2.24) is 10.2 Å². The van der Waals surface area contributed by atoms with Crippen LogP contribution in [0, 0.1) is 22.7 Å². The Morgan fingerprint density at radius 2 is 1.79 bits per heavy atom. The number of fused-ring (bicyclic) bond motifs is 1. The summed E-state index contributed by atoms with van der Waals surface area (Å²) in [7, 11) is -2.38. The van der Waals surface area contributed by atoms with E-state index in [-0.39, 0.29) is 41.1 Å². The lowest BCUT2D eigenvalue weighted by Crippen LogP contribution is -2.51.